The van der Waals surface area contributed by atoms with E-state index in [-0.39, 0.29) is 25.6 Å². The Kier molecular flexibility index (Phi) is 5.31. The SMILES string of the molecule is CN(CCCO)S(=O)(=O)Nc1c(F)c(F)cc(F)c1F. The second kappa shape index (κ2) is 6.37. The van der Waals surface area contributed by atoms with Gasteiger partial charge in [0.2, 0.25) is 0 Å². The van der Waals surface area contributed by atoms with Crippen LogP contribution in [0.5, 0.6) is 0 Å². The van der Waals surface area contributed by atoms with Gasteiger partial charge in [-0.15, -0.1) is 0 Å². The fourth-order valence-electron chi connectivity index (χ4n) is 1.28. The van der Waals surface area contributed by atoms with E-state index in [9.17, 15) is 26.0 Å². The predicted octanol–water partition coefficient (Wildman–Crippen LogP) is 1.21. The van der Waals surface area contributed by atoms with E-state index in [1.807, 2.05) is 0 Å². The van der Waals surface area contributed by atoms with Gasteiger partial charge in [-0.3, -0.25) is 4.72 Å². The highest BCUT2D eigenvalue weighted by Gasteiger charge is 2.25. The van der Waals surface area contributed by atoms with Crippen molar-refractivity contribution in [3.8, 4) is 0 Å². The number of rotatable bonds is 6. The minimum Gasteiger partial charge on any atom is -0.396 e. The van der Waals surface area contributed by atoms with Crippen LogP contribution in [-0.2, 0) is 10.2 Å². The summed E-state index contributed by atoms with van der Waals surface area (Å²) in [4.78, 5) is 0. The number of hydrogen-bond acceptors (Lipinski definition) is 3. The van der Waals surface area contributed by atoms with E-state index in [2.05, 4.69) is 0 Å². The highest BCUT2D eigenvalue weighted by molar-refractivity contribution is 7.90. The van der Waals surface area contributed by atoms with Crippen molar-refractivity contribution < 1.29 is 31.1 Å². The Morgan fingerprint density at radius 3 is 2.15 bits per heavy atom. The second-order valence-electron chi connectivity index (χ2n) is 3.85. The highest BCUT2D eigenvalue weighted by atomic mass is 32.2. The molecule has 0 heterocycles. The van der Waals surface area contributed by atoms with Gasteiger partial charge >= 0.3 is 10.2 Å². The fraction of sp³-hybridized carbons (Fsp3) is 0.400. The maximum absolute atomic E-state index is 13.3. The van der Waals surface area contributed by atoms with Gasteiger partial charge < -0.3 is 5.11 Å². The molecule has 0 amide bonds. The monoisotopic (exact) mass is 316 g/mol. The maximum Gasteiger partial charge on any atom is 0.301 e. The molecule has 0 bridgehead atoms. The number of nitrogens with zero attached hydrogens (tertiary/aromatic N) is 1. The van der Waals surface area contributed by atoms with Crippen LogP contribution in [0.15, 0.2) is 6.07 Å². The molecule has 0 radical (unpaired) electrons. The smallest absolute Gasteiger partial charge is 0.301 e. The van der Waals surface area contributed by atoms with Gasteiger partial charge in [0.25, 0.3) is 0 Å². The van der Waals surface area contributed by atoms with Gasteiger partial charge in [0.15, 0.2) is 23.3 Å². The molecule has 5 nitrogen and oxygen atoms in total. The van der Waals surface area contributed by atoms with Crippen LogP contribution in [0.3, 0.4) is 0 Å². The summed E-state index contributed by atoms with van der Waals surface area (Å²) in [5.41, 5.74) is -1.43. The largest absolute Gasteiger partial charge is 0.396 e. The van der Waals surface area contributed by atoms with Gasteiger partial charge in [-0.05, 0) is 6.42 Å². The Morgan fingerprint density at radius 1 is 1.20 bits per heavy atom. The summed E-state index contributed by atoms with van der Waals surface area (Å²) in [6.07, 6.45) is 0.0832. The van der Waals surface area contributed by atoms with Crippen LogP contribution < -0.4 is 4.72 Å². The van der Waals surface area contributed by atoms with Gasteiger partial charge in [0.1, 0.15) is 5.69 Å². The Labute approximate surface area is 113 Å². The van der Waals surface area contributed by atoms with E-state index >= 15 is 0 Å². The molecule has 20 heavy (non-hydrogen) atoms. The first-order valence-electron chi connectivity index (χ1n) is 5.38. The zero-order valence-electron chi connectivity index (χ0n) is 10.3. The van der Waals surface area contributed by atoms with Crippen molar-refractivity contribution in [3.05, 3.63) is 29.3 Å². The molecule has 0 spiro atoms. The summed E-state index contributed by atoms with van der Waals surface area (Å²) < 4.78 is 78.0. The predicted molar refractivity (Wildman–Crippen MR) is 63.1 cm³/mol. The Morgan fingerprint density at radius 2 is 1.70 bits per heavy atom. The minimum absolute atomic E-state index is 0.0298. The van der Waals surface area contributed by atoms with Gasteiger partial charge in [0.05, 0.1) is 0 Å². The second-order valence-corrected chi connectivity index (χ2v) is 5.63. The third-order valence-electron chi connectivity index (χ3n) is 2.38. The normalized spacial score (nSPS) is 11.9. The molecular formula is C10H12F4N2O3S. The quantitative estimate of drug-likeness (QED) is 0.612. The van der Waals surface area contributed by atoms with E-state index in [0.717, 1.165) is 7.05 Å². The lowest BCUT2D eigenvalue weighted by Crippen LogP contribution is -2.34. The van der Waals surface area contributed by atoms with Crippen LogP contribution in [0.1, 0.15) is 6.42 Å². The van der Waals surface area contributed by atoms with E-state index in [1.165, 1.54) is 4.72 Å². The molecule has 0 unspecified atom stereocenters. The molecule has 0 fully saturated rings. The Hall–Kier alpha value is -1.39. The van der Waals surface area contributed by atoms with Crippen molar-refractivity contribution in [3.63, 3.8) is 0 Å². The summed E-state index contributed by atoms with van der Waals surface area (Å²) in [7, 11) is -3.33. The number of nitrogens with one attached hydrogen (secondary N) is 1. The van der Waals surface area contributed by atoms with Gasteiger partial charge in [0, 0.05) is 26.3 Å². The van der Waals surface area contributed by atoms with E-state index in [4.69, 9.17) is 5.11 Å². The first-order valence-corrected chi connectivity index (χ1v) is 6.82. The summed E-state index contributed by atoms with van der Waals surface area (Å²) >= 11 is 0. The average molecular weight is 316 g/mol. The minimum atomic E-state index is -4.41. The van der Waals surface area contributed by atoms with Crippen LogP contribution in [0.25, 0.3) is 0 Å². The first-order chi connectivity index (χ1) is 9.20. The highest BCUT2D eigenvalue weighted by Crippen LogP contribution is 2.25. The topological polar surface area (TPSA) is 69.6 Å². The van der Waals surface area contributed by atoms with Crippen molar-refractivity contribution in [1.29, 1.82) is 0 Å². The molecule has 1 rings (SSSR count). The molecule has 0 saturated carbocycles. The van der Waals surface area contributed by atoms with E-state index < -0.39 is 39.2 Å². The zero-order valence-corrected chi connectivity index (χ0v) is 11.1. The lowest BCUT2D eigenvalue weighted by atomic mass is 10.3. The van der Waals surface area contributed by atoms with Gasteiger partial charge in [-0.2, -0.15) is 12.7 Å². The summed E-state index contributed by atoms with van der Waals surface area (Å²) in [5, 5.41) is 8.57. The van der Waals surface area contributed by atoms with Crippen LogP contribution in [0.4, 0.5) is 23.2 Å². The molecule has 0 aliphatic carbocycles. The molecule has 1 aromatic rings. The Bertz CT molecular complexity index is 568. The lowest BCUT2D eigenvalue weighted by Gasteiger charge is -2.18. The van der Waals surface area contributed by atoms with E-state index in [1.54, 1.807) is 0 Å². The number of benzene rings is 1. The van der Waals surface area contributed by atoms with Crippen LogP contribution in [0, 0.1) is 23.3 Å². The first kappa shape index (κ1) is 16.7. The van der Waals surface area contributed by atoms with Crippen molar-refractivity contribution in [2.24, 2.45) is 0 Å². The summed E-state index contributed by atoms with van der Waals surface area (Å²) in [5.74, 6) is -7.13. The third kappa shape index (κ3) is 3.58. The molecule has 0 atom stereocenters. The number of hydrogen-bond donors (Lipinski definition) is 2. The number of halogens is 4. The lowest BCUT2D eigenvalue weighted by molar-refractivity contribution is 0.276. The van der Waals surface area contributed by atoms with Gasteiger partial charge in [-0.1, -0.05) is 0 Å². The zero-order chi connectivity index (χ0) is 15.5. The van der Waals surface area contributed by atoms with E-state index in [0.29, 0.717) is 4.31 Å². The molecule has 0 aliphatic rings. The molecular weight excluding hydrogens is 304 g/mol. The number of anilines is 1. The van der Waals surface area contributed by atoms with Gasteiger partial charge in [-0.25, -0.2) is 17.6 Å². The average Bonchev–Trinajstić information content (AvgIpc) is 2.38. The van der Waals surface area contributed by atoms with Crippen molar-refractivity contribution >= 4 is 15.9 Å². The van der Waals surface area contributed by atoms with Crippen LogP contribution in [-0.4, -0.2) is 38.0 Å². The molecule has 1 aromatic carbocycles. The molecule has 114 valence electrons. The van der Waals surface area contributed by atoms with Crippen LogP contribution in [0.2, 0.25) is 0 Å². The van der Waals surface area contributed by atoms with Crippen molar-refractivity contribution in [1.82, 2.24) is 4.31 Å². The summed E-state index contributed by atoms with van der Waals surface area (Å²) in [6.45, 7) is -0.440. The third-order valence-corrected chi connectivity index (χ3v) is 3.85. The molecule has 0 saturated heterocycles. The van der Waals surface area contributed by atoms with Crippen molar-refractivity contribution in [2.45, 2.75) is 6.42 Å². The molecule has 2 N–H and O–H groups in total. The molecule has 0 aromatic heterocycles. The number of aliphatic hydroxyl groups excluding tert-OH is 1. The van der Waals surface area contributed by atoms with Crippen LogP contribution >= 0.6 is 0 Å². The standard InChI is InChI=1S/C10H12F4N2O3S/c1-16(3-2-4-17)20(18,19)15-10-8(13)6(11)5-7(12)9(10)14/h5,15,17H,2-4H2,1H3. The van der Waals surface area contributed by atoms with Crippen molar-refractivity contribution in [2.75, 3.05) is 24.9 Å². The summed E-state index contributed by atoms with van der Waals surface area (Å²) in [6, 6.07) is -0.0298. The fourth-order valence-corrected chi connectivity index (χ4v) is 2.25. The molecule has 0 aliphatic heterocycles. The molecule has 10 heteroatoms. The number of aliphatic hydroxyl groups is 1. The Balaban J connectivity index is 3.10. The maximum atomic E-state index is 13.3.